The molecule has 31 heavy (non-hydrogen) atoms. The molecule has 0 fully saturated rings. The van der Waals surface area contributed by atoms with Gasteiger partial charge in [-0.15, -0.1) is 0 Å². The summed E-state index contributed by atoms with van der Waals surface area (Å²) in [5.41, 5.74) is 1.72. The van der Waals surface area contributed by atoms with Crippen molar-refractivity contribution in [2.45, 2.75) is 33.1 Å². The number of esters is 1. The van der Waals surface area contributed by atoms with Crippen molar-refractivity contribution in [1.29, 1.82) is 0 Å². The fourth-order valence-corrected chi connectivity index (χ4v) is 2.68. The summed E-state index contributed by atoms with van der Waals surface area (Å²) in [6.07, 6.45) is 0. The van der Waals surface area contributed by atoms with Crippen molar-refractivity contribution in [3.63, 3.8) is 0 Å². The number of benzene rings is 2. The van der Waals surface area contributed by atoms with Gasteiger partial charge in [-0.3, -0.25) is 14.9 Å². The molecule has 2 rings (SSSR count). The number of rotatable bonds is 8. The Bertz CT molecular complexity index is 963. The number of carbonyl (C=O) groups excluding carboxylic acids is 2. The smallest absolute Gasteiger partial charge is 0.344 e. The first-order valence-electron chi connectivity index (χ1n) is 9.53. The molecule has 9 nitrogen and oxygen atoms in total. The minimum Gasteiger partial charge on any atom is -0.490 e. The Morgan fingerprint density at radius 2 is 1.74 bits per heavy atom. The van der Waals surface area contributed by atoms with Gasteiger partial charge in [-0.25, -0.2) is 4.79 Å². The average Bonchev–Trinajstić information content (AvgIpc) is 2.71. The van der Waals surface area contributed by atoms with E-state index >= 15 is 0 Å². The van der Waals surface area contributed by atoms with Crippen LogP contribution in [-0.2, 0) is 19.7 Å². The van der Waals surface area contributed by atoms with Gasteiger partial charge in [0.1, 0.15) is 5.75 Å². The lowest BCUT2D eigenvalue weighted by Crippen LogP contribution is -2.24. The number of ether oxygens (including phenoxy) is 3. The van der Waals surface area contributed by atoms with E-state index in [1.54, 1.807) is 19.1 Å². The van der Waals surface area contributed by atoms with Gasteiger partial charge in [0.2, 0.25) is 0 Å². The summed E-state index contributed by atoms with van der Waals surface area (Å²) in [5.74, 6) is -0.772. The van der Waals surface area contributed by atoms with Gasteiger partial charge in [0.15, 0.2) is 19.0 Å². The van der Waals surface area contributed by atoms with E-state index in [2.05, 4.69) is 26.1 Å². The first-order valence-corrected chi connectivity index (χ1v) is 9.53. The molecule has 2 aromatic carbocycles. The van der Waals surface area contributed by atoms with Crippen molar-refractivity contribution >= 4 is 23.3 Å². The molecule has 0 bridgehead atoms. The van der Waals surface area contributed by atoms with Crippen molar-refractivity contribution in [3.05, 3.63) is 57.6 Å². The molecular formula is C22H26N2O7. The number of nitro benzene ring substituents is 1. The van der Waals surface area contributed by atoms with Crippen LogP contribution in [0.2, 0.25) is 0 Å². The first-order chi connectivity index (χ1) is 14.5. The Balaban J connectivity index is 1.86. The monoisotopic (exact) mass is 430 g/mol. The molecule has 1 amide bonds. The van der Waals surface area contributed by atoms with Gasteiger partial charge in [-0.05, 0) is 35.6 Å². The largest absolute Gasteiger partial charge is 0.490 e. The van der Waals surface area contributed by atoms with Gasteiger partial charge in [-0.2, -0.15) is 0 Å². The number of anilines is 1. The maximum absolute atomic E-state index is 12.1. The van der Waals surface area contributed by atoms with Crippen LogP contribution in [0.15, 0.2) is 36.4 Å². The number of hydrogen-bond acceptors (Lipinski definition) is 7. The van der Waals surface area contributed by atoms with Crippen LogP contribution in [0.5, 0.6) is 11.5 Å². The number of nitrogens with zero attached hydrogens (tertiary/aromatic N) is 1. The summed E-state index contributed by atoms with van der Waals surface area (Å²) in [5, 5.41) is 13.6. The van der Waals surface area contributed by atoms with Crippen LogP contribution >= 0.6 is 0 Å². The van der Waals surface area contributed by atoms with Gasteiger partial charge in [-0.1, -0.05) is 32.9 Å². The van der Waals surface area contributed by atoms with E-state index in [1.165, 1.54) is 19.2 Å². The molecule has 0 atom stereocenters. The molecule has 1 N–H and O–H groups in total. The van der Waals surface area contributed by atoms with Crippen LogP contribution in [0.25, 0.3) is 0 Å². The number of carbonyl (C=O) groups is 2. The molecule has 2 aromatic rings. The van der Waals surface area contributed by atoms with Crippen LogP contribution in [0, 0.1) is 17.0 Å². The van der Waals surface area contributed by atoms with Gasteiger partial charge in [0.25, 0.3) is 5.91 Å². The number of aryl methyl sites for hydroxylation is 1. The Hall–Kier alpha value is -3.62. The average molecular weight is 430 g/mol. The molecule has 0 saturated carbocycles. The van der Waals surface area contributed by atoms with Crippen molar-refractivity contribution in [2.75, 3.05) is 25.6 Å². The Morgan fingerprint density at radius 3 is 2.29 bits per heavy atom. The molecule has 0 radical (unpaired) electrons. The molecule has 0 aliphatic heterocycles. The molecule has 0 aromatic heterocycles. The third kappa shape index (κ3) is 6.70. The molecule has 0 unspecified atom stereocenters. The van der Waals surface area contributed by atoms with Crippen molar-refractivity contribution in [3.8, 4) is 11.5 Å². The minimum absolute atomic E-state index is 0.00812. The highest BCUT2D eigenvalue weighted by Crippen LogP contribution is 2.32. The second-order valence-corrected chi connectivity index (χ2v) is 7.87. The van der Waals surface area contributed by atoms with Crippen LogP contribution in [0.4, 0.5) is 11.4 Å². The van der Waals surface area contributed by atoms with Gasteiger partial charge < -0.3 is 19.5 Å². The van der Waals surface area contributed by atoms with E-state index < -0.39 is 23.4 Å². The highest BCUT2D eigenvalue weighted by Gasteiger charge is 2.19. The Morgan fingerprint density at radius 1 is 1.10 bits per heavy atom. The third-order valence-electron chi connectivity index (χ3n) is 4.44. The lowest BCUT2D eigenvalue weighted by Gasteiger charge is -2.19. The maximum Gasteiger partial charge on any atom is 0.344 e. The predicted molar refractivity (Wildman–Crippen MR) is 115 cm³/mol. The molecule has 0 heterocycles. The highest BCUT2D eigenvalue weighted by molar-refractivity contribution is 5.94. The van der Waals surface area contributed by atoms with Crippen molar-refractivity contribution < 1.29 is 28.7 Å². The number of nitrogens with one attached hydrogen (secondary N) is 1. The fourth-order valence-electron chi connectivity index (χ4n) is 2.68. The van der Waals surface area contributed by atoms with E-state index in [0.717, 1.165) is 5.56 Å². The van der Waals surface area contributed by atoms with Gasteiger partial charge in [0, 0.05) is 17.8 Å². The summed E-state index contributed by atoms with van der Waals surface area (Å²) in [7, 11) is 1.29. The minimum atomic E-state index is -0.701. The quantitative estimate of drug-likeness (QED) is 0.385. The van der Waals surface area contributed by atoms with E-state index in [9.17, 15) is 19.7 Å². The molecule has 0 saturated heterocycles. The Kier molecular flexibility index (Phi) is 7.57. The topological polar surface area (TPSA) is 117 Å². The molecule has 0 aliphatic carbocycles. The molecule has 166 valence electrons. The maximum atomic E-state index is 12.1. The van der Waals surface area contributed by atoms with Crippen LogP contribution in [0.1, 0.15) is 31.9 Å². The number of nitro groups is 1. The fraction of sp³-hybridized carbons (Fsp3) is 0.364. The molecule has 0 aliphatic rings. The number of methoxy groups -OCH3 is 1. The predicted octanol–water partition coefficient (Wildman–Crippen LogP) is 3.77. The van der Waals surface area contributed by atoms with Crippen molar-refractivity contribution in [1.82, 2.24) is 0 Å². The van der Waals surface area contributed by atoms with E-state index in [0.29, 0.717) is 17.0 Å². The van der Waals surface area contributed by atoms with Crippen molar-refractivity contribution in [2.24, 2.45) is 0 Å². The number of amides is 1. The standard InChI is InChI=1S/C22H26N2O7/c1-14-10-18(24(27)28)19(29-5)11-17(14)23-20(25)12-31-21(26)13-30-16-8-6-15(7-9-16)22(2,3)4/h6-11H,12-13H2,1-5H3,(H,23,25). The lowest BCUT2D eigenvalue weighted by molar-refractivity contribution is -0.385. The zero-order valence-electron chi connectivity index (χ0n) is 18.2. The highest BCUT2D eigenvalue weighted by atomic mass is 16.6. The van der Waals surface area contributed by atoms with Gasteiger partial charge in [0.05, 0.1) is 12.0 Å². The van der Waals surface area contributed by atoms with E-state index in [-0.39, 0.29) is 23.5 Å². The second-order valence-electron chi connectivity index (χ2n) is 7.87. The van der Waals surface area contributed by atoms with E-state index in [4.69, 9.17) is 14.2 Å². The first kappa shape index (κ1) is 23.7. The molecular weight excluding hydrogens is 404 g/mol. The third-order valence-corrected chi connectivity index (χ3v) is 4.44. The van der Waals surface area contributed by atoms with Crippen LogP contribution in [0.3, 0.4) is 0 Å². The summed E-state index contributed by atoms with van der Waals surface area (Å²) in [6, 6.07) is 10.0. The molecule has 9 heteroatoms. The number of hydrogen-bond donors (Lipinski definition) is 1. The normalized spacial score (nSPS) is 10.9. The summed E-state index contributed by atoms with van der Waals surface area (Å²) < 4.78 is 15.3. The summed E-state index contributed by atoms with van der Waals surface area (Å²) >= 11 is 0. The van der Waals surface area contributed by atoms with Crippen LogP contribution in [-0.4, -0.2) is 37.1 Å². The zero-order chi connectivity index (χ0) is 23.2. The zero-order valence-corrected chi connectivity index (χ0v) is 18.2. The Labute approximate surface area is 180 Å². The molecule has 0 spiro atoms. The summed E-state index contributed by atoms with van der Waals surface area (Å²) in [6.45, 7) is 7.03. The SMILES string of the molecule is COc1cc(NC(=O)COC(=O)COc2ccc(C(C)(C)C)cc2)c(C)cc1[N+](=O)[O-]. The van der Waals surface area contributed by atoms with Crippen LogP contribution < -0.4 is 14.8 Å². The second kappa shape index (κ2) is 9.92. The lowest BCUT2D eigenvalue weighted by atomic mass is 9.87. The summed E-state index contributed by atoms with van der Waals surface area (Å²) in [4.78, 5) is 34.4. The van der Waals surface area contributed by atoms with E-state index in [1.807, 2.05) is 12.1 Å². The van der Waals surface area contributed by atoms with Gasteiger partial charge >= 0.3 is 11.7 Å².